The molecule has 3 rings (SSSR count). The van der Waals surface area contributed by atoms with Gasteiger partial charge in [-0.2, -0.15) is 0 Å². The van der Waals surface area contributed by atoms with Crippen LogP contribution in [0.4, 0.5) is 0 Å². The van der Waals surface area contributed by atoms with Gasteiger partial charge in [-0.15, -0.1) is 0 Å². The van der Waals surface area contributed by atoms with Crippen LogP contribution in [0.25, 0.3) is 11.5 Å². The molecule has 1 aliphatic heterocycles. The lowest BCUT2D eigenvalue weighted by Gasteiger charge is -2.25. The van der Waals surface area contributed by atoms with Gasteiger partial charge in [0.25, 0.3) is 0 Å². The number of aromatic hydroxyl groups is 1. The second-order valence-electron chi connectivity index (χ2n) is 4.41. The van der Waals surface area contributed by atoms with E-state index in [0.717, 1.165) is 30.8 Å². The van der Waals surface area contributed by atoms with E-state index in [4.69, 9.17) is 4.42 Å². The molecule has 0 bridgehead atoms. The minimum absolute atomic E-state index is 0.227. The van der Waals surface area contributed by atoms with Crippen LogP contribution in [-0.4, -0.2) is 23.2 Å². The molecule has 0 spiro atoms. The number of nitrogens with one attached hydrogen (secondary N) is 1. The quantitative estimate of drug-likeness (QED) is 0.844. The van der Waals surface area contributed by atoms with Gasteiger partial charge in [-0.1, -0.05) is 6.07 Å². The van der Waals surface area contributed by atoms with E-state index >= 15 is 0 Å². The van der Waals surface area contributed by atoms with Crippen LogP contribution >= 0.6 is 0 Å². The molecule has 1 saturated heterocycles. The van der Waals surface area contributed by atoms with E-state index in [-0.39, 0.29) is 5.75 Å². The molecule has 4 heteroatoms. The van der Waals surface area contributed by atoms with Gasteiger partial charge in [0.1, 0.15) is 11.5 Å². The van der Waals surface area contributed by atoms with Gasteiger partial charge in [-0.05, 0) is 37.2 Å². The number of hydrogen-bond donors (Lipinski definition) is 2. The standard InChI is InChI=1S/C13H14N2O2/c16-11-3-1-2-10(5-11)13-15-8-12(17-13)4-9-6-14-7-9/h1-3,5,8-9,14,16H,4,6-7H2. The predicted octanol–water partition coefficient (Wildman–Crippen LogP) is 1.81. The van der Waals surface area contributed by atoms with Crippen molar-refractivity contribution in [3.63, 3.8) is 0 Å². The summed E-state index contributed by atoms with van der Waals surface area (Å²) in [5.41, 5.74) is 0.808. The number of phenolic OH excluding ortho intramolecular Hbond substituents is 1. The third-order valence-corrected chi connectivity index (χ3v) is 3.00. The van der Waals surface area contributed by atoms with E-state index in [9.17, 15) is 5.11 Å². The van der Waals surface area contributed by atoms with Gasteiger partial charge in [0.15, 0.2) is 0 Å². The highest BCUT2D eigenvalue weighted by molar-refractivity contribution is 5.55. The van der Waals surface area contributed by atoms with Crippen LogP contribution < -0.4 is 5.32 Å². The van der Waals surface area contributed by atoms with Crippen molar-refractivity contribution in [1.82, 2.24) is 10.3 Å². The van der Waals surface area contributed by atoms with E-state index in [1.807, 2.05) is 6.07 Å². The molecular weight excluding hydrogens is 216 g/mol. The van der Waals surface area contributed by atoms with E-state index in [2.05, 4.69) is 10.3 Å². The molecule has 0 aliphatic carbocycles. The third-order valence-electron chi connectivity index (χ3n) is 3.00. The first-order valence-corrected chi connectivity index (χ1v) is 5.76. The van der Waals surface area contributed by atoms with Crippen molar-refractivity contribution in [2.45, 2.75) is 6.42 Å². The van der Waals surface area contributed by atoms with Crippen LogP contribution in [0, 0.1) is 5.92 Å². The number of benzene rings is 1. The van der Waals surface area contributed by atoms with Crippen molar-refractivity contribution in [3.8, 4) is 17.2 Å². The first kappa shape index (κ1) is 10.4. The summed E-state index contributed by atoms with van der Waals surface area (Å²) in [7, 11) is 0. The predicted molar refractivity (Wildman–Crippen MR) is 63.7 cm³/mol. The number of hydrogen-bond acceptors (Lipinski definition) is 4. The van der Waals surface area contributed by atoms with Gasteiger partial charge in [0.05, 0.1) is 6.20 Å². The fourth-order valence-electron chi connectivity index (χ4n) is 1.95. The molecule has 1 aromatic carbocycles. The largest absolute Gasteiger partial charge is 0.508 e. The Morgan fingerprint density at radius 1 is 1.41 bits per heavy atom. The molecule has 2 N–H and O–H groups in total. The van der Waals surface area contributed by atoms with Crippen LogP contribution in [0.15, 0.2) is 34.9 Å². The molecule has 1 fully saturated rings. The molecule has 2 aromatic rings. The third kappa shape index (κ3) is 2.17. The maximum atomic E-state index is 9.40. The fraction of sp³-hybridized carbons (Fsp3) is 0.308. The van der Waals surface area contributed by atoms with Gasteiger partial charge in [-0.3, -0.25) is 0 Å². The van der Waals surface area contributed by atoms with Crippen molar-refractivity contribution >= 4 is 0 Å². The fourth-order valence-corrected chi connectivity index (χ4v) is 1.95. The molecule has 0 amide bonds. The van der Waals surface area contributed by atoms with Gasteiger partial charge >= 0.3 is 0 Å². The van der Waals surface area contributed by atoms with Crippen molar-refractivity contribution in [2.24, 2.45) is 5.92 Å². The second-order valence-corrected chi connectivity index (χ2v) is 4.41. The number of phenols is 1. The lowest BCUT2D eigenvalue weighted by Crippen LogP contribution is -2.42. The number of aromatic nitrogens is 1. The maximum Gasteiger partial charge on any atom is 0.226 e. The Kier molecular flexibility index (Phi) is 2.57. The molecule has 0 unspecified atom stereocenters. The summed E-state index contributed by atoms with van der Waals surface area (Å²) < 4.78 is 5.68. The first-order chi connectivity index (χ1) is 8.31. The highest BCUT2D eigenvalue weighted by Crippen LogP contribution is 2.24. The van der Waals surface area contributed by atoms with E-state index in [1.165, 1.54) is 0 Å². The molecule has 1 aromatic heterocycles. The molecule has 1 aliphatic rings. The molecule has 0 atom stereocenters. The summed E-state index contributed by atoms with van der Waals surface area (Å²) >= 11 is 0. The Morgan fingerprint density at radius 3 is 3.00 bits per heavy atom. The molecule has 0 saturated carbocycles. The SMILES string of the molecule is Oc1cccc(-c2ncc(CC3CNC3)o2)c1. The highest BCUT2D eigenvalue weighted by Gasteiger charge is 2.19. The highest BCUT2D eigenvalue weighted by atomic mass is 16.4. The Bertz CT molecular complexity index is 518. The number of rotatable bonds is 3. The lowest BCUT2D eigenvalue weighted by atomic mass is 9.98. The summed E-state index contributed by atoms with van der Waals surface area (Å²) in [5.74, 6) is 2.38. The minimum Gasteiger partial charge on any atom is -0.508 e. The van der Waals surface area contributed by atoms with Crippen LogP contribution in [-0.2, 0) is 6.42 Å². The Hall–Kier alpha value is -1.81. The summed E-state index contributed by atoms with van der Waals surface area (Å²) in [5, 5.41) is 12.6. The Balaban J connectivity index is 1.79. The Morgan fingerprint density at radius 2 is 2.29 bits per heavy atom. The number of oxazole rings is 1. The zero-order valence-corrected chi connectivity index (χ0v) is 9.39. The monoisotopic (exact) mass is 230 g/mol. The molecular formula is C13H14N2O2. The molecule has 17 heavy (non-hydrogen) atoms. The van der Waals surface area contributed by atoms with Crippen LogP contribution in [0.5, 0.6) is 5.75 Å². The van der Waals surface area contributed by atoms with Gasteiger partial charge < -0.3 is 14.8 Å². The van der Waals surface area contributed by atoms with E-state index < -0.39 is 0 Å². The van der Waals surface area contributed by atoms with Crippen LogP contribution in [0.3, 0.4) is 0 Å². The normalized spacial score (nSPS) is 15.8. The lowest BCUT2D eigenvalue weighted by molar-refractivity contribution is 0.324. The van der Waals surface area contributed by atoms with Crippen molar-refractivity contribution in [2.75, 3.05) is 13.1 Å². The van der Waals surface area contributed by atoms with Gasteiger partial charge in [0.2, 0.25) is 5.89 Å². The summed E-state index contributed by atoms with van der Waals surface area (Å²) in [4.78, 5) is 4.24. The average molecular weight is 230 g/mol. The molecule has 2 heterocycles. The minimum atomic E-state index is 0.227. The van der Waals surface area contributed by atoms with Crippen molar-refractivity contribution in [3.05, 3.63) is 36.2 Å². The summed E-state index contributed by atoms with van der Waals surface area (Å²) in [6, 6.07) is 6.94. The maximum absolute atomic E-state index is 9.40. The van der Waals surface area contributed by atoms with E-state index in [1.54, 1.807) is 24.4 Å². The summed E-state index contributed by atoms with van der Waals surface area (Å²) in [6.07, 6.45) is 2.70. The zero-order chi connectivity index (χ0) is 11.7. The topological polar surface area (TPSA) is 58.3 Å². The van der Waals surface area contributed by atoms with Crippen molar-refractivity contribution < 1.29 is 9.52 Å². The van der Waals surface area contributed by atoms with Gasteiger partial charge in [-0.25, -0.2) is 4.98 Å². The molecule has 0 radical (unpaired) electrons. The first-order valence-electron chi connectivity index (χ1n) is 5.76. The van der Waals surface area contributed by atoms with Gasteiger partial charge in [0, 0.05) is 12.0 Å². The average Bonchev–Trinajstić information content (AvgIpc) is 2.72. The summed E-state index contributed by atoms with van der Waals surface area (Å²) in [6.45, 7) is 2.12. The molecule has 88 valence electrons. The Labute approximate surface area is 99.3 Å². The van der Waals surface area contributed by atoms with Crippen LogP contribution in [0.1, 0.15) is 5.76 Å². The second kappa shape index (κ2) is 4.22. The van der Waals surface area contributed by atoms with Crippen LogP contribution in [0.2, 0.25) is 0 Å². The van der Waals surface area contributed by atoms with Crippen molar-refractivity contribution in [1.29, 1.82) is 0 Å². The number of nitrogens with zero attached hydrogens (tertiary/aromatic N) is 1. The van der Waals surface area contributed by atoms with E-state index in [0.29, 0.717) is 11.8 Å². The smallest absolute Gasteiger partial charge is 0.226 e. The zero-order valence-electron chi connectivity index (χ0n) is 9.39. The molecule has 4 nitrogen and oxygen atoms in total.